The van der Waals surface area contributed by atoms with Gasteiger partial charge in [-0.1, -0.05) is 34.1 Å². The normalized spacial score (nSPS) is 10.7. The number of aromatic nitrogens is 2. The number of amides is 1. The average Bonchev–Trinajstić information content (AvgIpc) is 2.92. The second-order valence-corrected chi connectivity index (χ2v) is 8.11. The number of esters is 1. The van der Waals surface area contributed by atoms with Crippen molar-refractivity contribution in [1.29, 1.82) is 0 Å². The number of hydrogen-bond donors (Lipinski definition) is 2. The molecule has 0 fully saturated rings. The number of nitrogens with one attached hydrogen (secondary N) is 1. The van der Waals surface area contributed by atoms with Gasteiger partial charge in [-0.25, -0.2) is 9.48 Å². The van der Waals surface area contributed by atoms with Gasteiger partial charge in [0.1, 0.15) is 17.0 Å². The molecule has 0 atom stereocenters. The van der Waals surface area contributed by atoms with Crippen LogP contribution in [0.3, 0.4) is 0 Å². The Kier molecular flexibility index (Phi) is 6.47. The number of nitrogens with zero attached hydrogens (tertiary/aromatic N) is 2. The topological polar surface area (TPSA) is 103 Å². The van der Waals surface area contributed by atoms with Gasteiger partial charge in [-0.05, 0) is 47.1 Å². The van der Waals surface area contributed by atoms with E-state index in [0.29, 0.717) is 20.3 Å². The number of para-hydroxylation sites is 1. The maximum atomic E-state index is 12.8. The standard InChI is InChI=1S/C20H17Br2N3O5/c1-11-17(19(28)25(24(11)2)13-6-4-3-5-7-13)23-16(26)10-30-20(29)14-8-12(21)9-15(22)18(14)27/h3-9,27H,10H2,1-2H3,(H,23,26). The third kappa shape index (κ3) is 4.34. The van der Waals surface area contributed by atoms with Crippen LogP contribution in [-0.2, 0) is 16.6 Å². The first-order valence-corrected chi connectivity index (χ1v) is 10.3. The molecule has 2 N–H and O–H groups in total. The minimum atomic E-state index is -0.879. The largest absolute Gasteiger partial charge is 0.506 e. The van der Waals surface area contributed by atoms with Gasteiger partial charge in [0.25, 0.3) is 11.5 Å². The molecule has 1 aromatic heterocycles. The molecular weight excluding hydrogens is 522 g/mol. The van der Waals surface area contributed by atoms with Crippen LogP contribution >= 0.6 is 31.9 Å². The molecule has 3 aromatic rings. The number of ether oxygens (including phenoxy) is 1. The van der Waals surface area contributed by atoms with Crippen LogP contribution in [0.5, 0.6) is 5.75 Å². The summed E-state index contributed by atoms with van der Waals surface area (Å²) in [5.41, 5.74) is 0.768. The number of anilines is 1. The van der Waals surface area contributed by atoms with E-state index in [-0.39, 0.29) is 17.0 Å². The first-order valence-electron chi connectivity index (χ1n) is 8.69. The van der Waals surface area contributed by atoms with E-state index in [2.05, 4.69) is 37.2 Å². The van der Waals surface area contributed by atoms with Crippen LogP contribution in [0.2, 0.25) is 0 Å². The number of aromatic hydroxyl groups is 1. The molecule has 0 bridgehead atoms. The van der Waals surface area contributed by atoms with Gasteiger partial charge in [0, 0.05) is 11.5 Å². The zero-order chi connectivity index (χ0) is 22.0. The highest BCUT2D eigenvalue weighted by molar-refractivity contribution is 9.11. The Morgan fingerprint density at radius 3 is 2.50 bits per heavy atom. The lowest BCUT2D eigenvalue weighted by atomic mass is 10.2. The van der Waals surface area contributed by atoms with Crippen molar-refractivity contribution in [3.8, 4) is 11.4 Å². The van der Waals surface area contributed by atoms with Gasteiger partial charge in [-0.15, -0.1) is 0 Å². The van der Waals surface area contributed by atoms with Crippen LogP contribution in [-0.4, -0.2) is 33.0 Å². The fourth-order valence-corrected chi connectivity index (χ4v) is 4.04. The number of benzene rings is 2. The van der Waals surface area contributed by atoms with Gasteiger partial charge in [-0.2, -0.15) is 0 Å². The van der Waals surface area contributed by atoms with Crippen molar-refractivity contribution in [1.82, 2.24) is 9.36 Å². The lowest BCUT2D eigenvalue weighted by molar-refractivity contribution is -0.119. The van der Waals surface area contributed by atoms with E-state index >= 15 is 0 Å². The molecule has 0 radical (unpaired) electrons. The molecule has 10 heteroatoms. The molecule has 30 heavy (non-hydrogen) atoms. The molecule has 0 saturated heterocycles. The Bertz CT molecular complexity index is 1190. The van der Waals surface area contributed by atoms with Crippen LogP contribution in [0.25, 0.3) is 5.69 Å². The highest BCUT2D eigenvalue weighted by Crippen LogP contribution is 2.32. The van der Waals surface area contributed by atoms with Crippen molar-refractivity contribution in [2.75, 3.05) is 11.9 Å². The Morgan fingerprint density at radius 1 is 1.17 bits per heavy atom. The van der Waals surface area contributed by atoms with Crippen LogP contribution in [0, 0.1) is 6.92 Å². The second-order valence-electron chi connectivity index (χ2n) is 6.34. The number of carbonyl (C=O) groups is 2. The molecule has 2 aromatic carbocycles. The Labute approximate surface area is 188 Å². The van der Waals surface area contributed by atoms with E-state index in [9.17, 15) is 19.5 Å². The van der Waals surface area contributed by atoms with Gasteiger partial charge in [-0.3, -0.25) is 14.3 Å². The maximum Gasteiger partial charge on any atom is 0.342 e. The Morgan fingerprint density at radius 2 is 1.83 bits per heavy atom. The van der Waals surface area contributed by atoms with E-state index in [0.717, 1.165) is 0 Å². The highest BCUT2D eigenvalue weighted by Gasteiger charge is 2.20. The quantitative estimate of drug-likeness (QED) is 0.484. The summed E-state index contributed by atoms with van der Waals surface area (Å²) in [6, 6.07) is 11.9. The Balaban J connectivity index is 1.75. The number of halogens is 2. The monoisotopic (exact) mass is 537 g/mol. The second kappa shape index (κ2) is 8.88. The van der Waals surface area contributed by atoms with Crippen LogP contribution < -0.4 is 10.9 Å². The molecule has 0 aliphatic heterocycles. The third-order valence-electron chi connectivity index (χ3n) is 4.40. The van der Waals surface area contributed by atoms with Crippen molar-refractivity contribution < 1.29 is 19.4 Å². The molecule has 3 rings (SSSR count). The van der Waals surface area contributed by atoms with Crippen molar-refractivity contribution >= 4 is 49.4 Å². The van der Waals surface area contributed by atoms with E-state index in [1.165, 1.54) is 10.7 Å². The fraction of sp³-hybridized carbons (Fsp3) is 0.150. The predicted octanol–water partition coefficient (Wildman–Crippen LogP) is 3.51. The maximum absolute atomic E-state index is 12.8. The van der Waals surface area contributed by atoms with Gasteiger partial charge < -0.3 is 15.2 Å². The SMILES string of the molecule is Cc1c(NC(=O)COC(=O)c2cc(Br)cc(Br)c2O)c(=O)n(-c2ccccc2)n1C. The summed E-state index contributed by atoms with van der Waals surface area (Å²) < 4.78 is 8.88. The average molecular weight is 539 g/mol. The minimum absolute atomic E-state index is 0.0930. The number of hydrogen-bond acceptors (Lipinski definition) is 5. The van der Waals surface area contributed by atoms with Crippen LogP contribution in [0.4, 0.5) is 5.69 Å². The fourth-order valence-electron chi connectivity index (χ4n) is 2.82. The summed E-state index contributed by atoms with van der Waals surface area (Å²) in [5.74, 6) is -1.85. The molecule has 8 nitrogen and oxygen atoms in total. The predicted molar refractivity (Wildman–Crippen MR) is 118 cm³/mol. The van der Waals surface area contributed by atoms with E-state index in [4.69, 9.17) is 4.74 Å². The first-order chi connectivity index (χ1) is 14.2. The Hall–Kier alpha value is -2.85. The number of carbonyl (C=O) groups excluding carboxylic acids is 2. The summed E-state index contributed by atoms with van der Waals surface area (Å²) in [5, 5.41) is 12.5. The van der Waals surface area contributed by atoms with Crippen molar-refractivity contribution in [3.05, 3.63) is 73.0 Å². The number of rotatable bonds is 5. The van der Waals surface area contributed by atoms with Crippen molar-refractivity contribution in [2.24, 2.45) is 7.05 Å². The summed E-state index contributed by atoms with van der Waals surface area (Å²) >= 11 is 6.34. The van der Waals surface area contributed by atoms with E-state index < -0.39 is 24.0 Å². The summed E-state index contributed by atoms with van der Waals surface area (Å²) in [4.78, 5) is 37.3. The zero-order valence-corrected chi connectivity index (χ0v) is 19.2. The summed E-state index contributed by atoms with van der Waals surface area (Å²) in [6.07, 6.45) is 0. The number of phenols is 1. The molecule has 1 heterocycles. The smallest absolute Gasteiger partial charge is 0.342 e. The summed E-state index contributed by atoms with van der Waals surface area (Å²) in [7, 11) is 1.70. The van der Waals surface area contributed by atoms with Crippen LogP contribution in [0.15, 0.2) is 56.2 Å². The van der Waals surface area contributed by atoms with E-state index in [1.54, 1.807) is 49.0 Å². The van der Waals surface area contributed by atoms with Gasteiger partial charge in [0.05, 0.1) is 15.9 Å². The minimum Gasteiger partial charge on any atom is -0.506 e. The lowest BCUT2D eigenvalue weighted by Gasteiger charge is -2.08. The van der Waals surface area contributed by atoms with Gasteiger partial charge in [0.2, 0.25) is 0 Å². The lowest BCUT2D eigenvalue weighted by Crippen LogP contribution is -2.25. The number of phenolic OH excluding ortho intramolecular Hbond substituents is 1. The molecule has 0 saturated carbocycles. The molecule has 0 aliphatic carbocycles. The molecular formula is C20H17Br2N3O5. The molecule has 156 valence electrons. The van der Waals surface area contributed by atoms with Crippen LogP contribution in [0.1, 0.15) is 16.1 Å². The highest BCUT2D eigenvalue weighted by atomic mass is 79.9. The molecule has 0 spiro atoms. The van der Waals surface area contributed by atoms with Crippen molar-refractivity contribution in [2.45, 2.75) is 6.92 Å². The molecule has 1 amide bonds. The molecule has 0 aliphatic rings. The van der Waals surface area contributed by atoms with E-state index in [1.807, 2.05) is 6.07 Å². The zero-order valence-electron chi connectivity index (χ0n) is 16.0. The van der Waals surface area contributed by atoms with Gasteiger partial charge in [0.15, 0.2) is 6.61 Å². The summed E-state index contributed by atoms with van der Waals surface area (Å²) in [6.45, 7) is 1.07. The van der Waals surface area contributed by atoms with Gasteiger partial charge >= 0.3 is 5.97 Å². The third-order valence-corrected chi connectivity index (χ3v) is 5.46. The molecule has 0 unspecified atom stereocenters. The van der Waals surface area contributed by atoms with Crippen molar-refractivity contribution in [3.63, 3.8) is 0 Å². The first kappa shape index (κ1) is 21.8.